The van der Waals surface area contributed by atoms with Gasteiger partial charge in [0.1, 0.15) is 4.90 Å². The second kappa shape index (κ2) is 5.74. The number of nitrogens with zero attached hydrogens (tertiary/aromatic N) is 3. The van der Waals surface area contributed by atoms with Crippen LogP contribution in [0.4, 0.5) is 5.13 Å². The minimum absolute atomic E-state index is 0.148. The molecule has 0 radical (unpaired) electrons. The summed E-state index contributed by atoms with van der Waals surface area (Å²) in [6, 6.07) is 0. The molecule has 2 heterocycles. The Bertz CT molecular complexity index is 713. The van der Waals surface area contributed by atoms with Gasteiger partial charge in [0.05, 0.1) is 11.9 Å². The van der Waals surface area contributed by atoms with Crippen LogP contribution in [-0.2, 0) is 29.4 Å². The molecule has 0 saturated carbocycles. The van der Waals surface area contributed by atoms with Gasteiger partial charge in [-0.15, -0.1) is 11.3 Å². The normalized spacial score (nSPS) is 14.3. The van der Waals surface area contributed by atoms with Gasteiger partial charge in [0, 0.05) is 17.6 Å². The van der Waals surface area contributed by atoms with E-state index < -0.39 is 10.0 Å². The van der Waals surface area contributed by atoms with Gasteiger partial charge >= 0.3 is 0 Å². The number of nitrogens with two attached hydrogens (primary N) is 1. The first-order valence-electron chi connectivity index (χ1n) is 6.82. The molecule has 9 heteroatoms. The Balaban J connectivity index is 1.75. The average molecular weight is 327 g/mol. The van der Waals surface area contributed by atoms with Crippen molar-refractivity contribution in [3.63, 3.8) is 0 Å². The Kier molecular flexibility index (Phi) is 3.96. The summed E-state index contributed by atoms with van der Waals surface area (Å²) in [4.78, 5) is 5.68. The monoisotopic (exact) mass is 327 g/mol. The topological polar surface area (TPSA) is 103 Å². The van der Waals surface area contributed by atoms with E-state index >= 15 is 0 Å². The van der Waals surface area contributed by atoms with Gasteiger partial charge in [-0.05, 0) is 32.2 Å². The maximum absolute atomic E-state index is 12.3. The molecule has 1 aliphatic carbocycles. The van der Waals surface area contributed by atoms with Gasteiger partial charge in [0.15, 0.2) is 5.13 Å². The van der Waals surface area contributed by atoms with Gasteiger partial charge in [0.25, 0.3) is 10.0 Å². The van der Waals surface area contributed by atoms with Crippen molar-refractivity contribution >= 4 is 26.5 Å². The molecule has 0 atom stereocenters. The maximum Gasteiger partial charge on any atom is 0.266 e. The van der Waals surface area contributed by atoms with Gasteiger partial charge < -0.3 is 5.73 Å². The SMILES string of the molecule is NCCCn1cc(S(=O)(=O)Nc2nc3c(s2)CCC3)cn1. The number of nitrogens with one attached hydrogen (secondary N) is 1. The standard InChI is InChI=1S/C12H17N5O2S2/c13-5-2-6-17-8-9(7-14-17)21(18,19)16-12-15-10-3-1-4-11(10)20-12/h7-8H,1-6,13H2,(H,15,16). The third kappa shape index (κ3) is 3.09. The number of sulfonamides is 1. The predicted octanol–water partition coefficient (Wildman–Crippen LogP) is 0.978. The first-order valence-corrected chi connectivity index (χ1v) is 9.12. The summed E-state index contributed by atoms with van der Waals surface area (Å²) in [5.74, 6) is 0. The van der Waals surface area contributed by atoms with Crippen molar-refractivity contribution < 1.29 is 8.42 Å². The Morgan fingerprint density at radius 1 is 1.43 bits per heavy atom. The highest BCUT2D eigenvalue weighted by molar-refractivity contribution is 7.93. The number of aromatic nitrogens is 3. The number of hydrogen-bond donors (Lipinski definition) is 2. The van der Waals surface area contributed by atoms with Crippen molar-refractivity contribution in [2.24, 2.45) is 5.73 Å². The molecule has 0 unspecified atom stereocenters. The molecule has 0 amide bonds. The molecule has 3 rings (SSSR count). The van der Waals surface area contributed by atoms with Crippen LogP contribution in [0.5, 0.6) is 0 Å². The highest BCUT2D eigenvalue weighted by atomic mass is 32.2. The van der Waals surface area contributed by atoms with Crippen molar-refractivity contribution in [2.75, 3.05) is 11.3 Å². The van der Waals surface area contributed by atoms with Crippen LogP contribution in [0.2, 0.25) is 0 Å². The van der Waals surface area contributed by atoms with E-state index in [4.69, 9.17) is 5.73 Å². The molecule has 0 aromatic carbocycles. The zero-order valence-electron chi connectivity index (χ0n) is 11.4. The van der Waals surface area contributed by atoms with Crippen LogP contribution in [0, 0.1) is 0 Å². The van der Waals surface area contributed by atoms with Gasteiger partial charge in [-0.25, -0.2) is 13.4 Å². The number of fused-ring (bicyclic) bond motifs is 1. The first kappa shape index (κ1) is 14.5. The second-order valence-electron chi connectivity index (χ2n) is 4.93. The zero-order chi connectivity index (χ0) is 14.9. The Morgan fingerprint density at radius 2 is 2.29 bits per heavy atom. The average Bonchev–Trinajstić information content (AvgIpc) is 3.10. The quantitative estimate of drug-likeness (QED) is 0.823. The lowest BCUT2D eigenvalue weighted by molar-refractivity contribution is 0.582. The van der Waals surface area contributed by atoms with Crippen LogP contribution < -0.4 is 10.5 Å². The molecular weight excluding hydrogens is 310 g/mol. The van der Waals surface area contributed by atoms with Crippen molar-refractivity contribution in [2.45, 2.75) is 37.1 Å². The minimum atomic E-state index is -3.62. The van der Waals surface area contributed by atoms with Crippen LogP contribution >= 0.6 is 11.3 Å². The lowest BCUT2D eigenvalue weighted by Gasteiger charge is -2.02. The molecule has 0 bridgehead atoms. The summed E-state index contributed by atoms with van der Waals surface area (Å²) >= 11 is 1.42. The van der Waals surface area contributed by atoms with E-state index in [2.05, 4.69) is 14.8 Å². The highest BCUT2D eigenvalue weighted by Gasteiger charge is 2.22. The van der Waals surface area contributed by atoms with E-state index in [0.717, 1.165) is 31.4 Å². The Morgan fingerprint density at radius 3 is 3.05 bits per heavy atom. The molecule has 3 N–H and O–H groups in total. The number of thiazole rings is 1. The van der Waals surface area contributed by atoms with Gasteiger partial charge in [-0.1, -0.05) is 0 Å². The van der Waals surface area contributed by atoms with E-state index in [9.17, 15) is 8.42 Å². The highest BCUT2D eigenvalue weighted by Crippen LogP contribution is 2.31. The molecule has 2 aromatic heterocycles. The number of rotatable bonds is 6. The fourth-order valence-corrected chi connectivity index (χ4v) is 4.50. The van der Waals surface area contributed by atoms with Crippen molar-refractivity contribution in [1.82, 2.24) is 14.8 Å². The van der Waals surface area contributed by atoms with E-state index in [1.807, 2.05) is 0 Å². The summed E-state index contributed by atoms with van der Waals surface area (Å²) in [6.45, 7) is 1.16. The number of aryl methyl sites for hydroxylation is 3. The summed E-state index contributed by atoms with van der Waals surface area (Å²) in [7, 11) is -3.62. The number of hydrogen-bond acceptors (Lipinski definition) is 6. The molecule has 0 fully saturated rings. The smallest absolute Gasteiger partial charge is 0.266 e. The second-order valence-corrected chi connectivity index (χ2v) is 7.70. The van der Waals surface area contributed by atoms with E-state index in [-0.39, 0.29) is 4.90 Å². The summed E-state index contributed by atoms with van der Waals surface area (Å²) in [5, 5.41) is 4.48. The van der Waals surface area contributed by atoms with Gasteiger partial charge in [0.2, 0.25) is 0 Å². The Hall–Kier alpha value is -1.45. The van der Waals surface area contributed by atoms with Crippen LogP contribution in [-0.4, -0.2) is 29.7 Å². The molecule has 21 heavy (non-hydrogen) atoms. The van der Waals surface area contributed by atoms with Crippen molar-refractivity contribution in [3.05, 3.63) is 23.0 Å². The fourth-order valence-electron chi connectivity index (χ4n) is 2.27. The maximum atomic E-state index is 12.3. The summed E-state index contributed by atoms with van der Waals surface area (Å²) in [6.07, 6.45) is 6.65. The molecule has 2 aromatic rings. The van der Waals surface area contributed by atoms with Crippen molar-refractivity contribution in [1.29, 1.82) is 0 Å². The van der Waals surface area contributed by atoms with Crippen LogP contribution in [0.1, 0.15) is 23.4 Å². The van der Waals surface area contributed by atoms with Crippen LogP contribution in [0.15, 0.2) is 17.3 Å². The summed E-state index contributed by atoms with van der Waals surface area (Å²) in [5.41, 5.74) is 6.45. The molecule has 7 nitrogen and oxygen atoms in total. The van der Waals surface area contributed by atoms with Crippen LogP contribution in [0.3, 0.4) is 0 Å². The minimum Gasteiger partial charge on any atom is -0.330 e. The molecule has 1 aliphatic rings. The molecule has 0 saturated heterocycles. The lowest BCUT2D eigenvalue weighted by atomic mass is 10.4. The largest absolute Gasteiger partial charge is 0.330 e. The number of anilines is 1. The third-order valence-corrected chi connectivity index (χ3v) is 5.82. The van der Waals surface area contributed by atoms with Crippen molar-refractivity contribution in [3.8, 4) is 0 Å². The first-order chi connectivity index (χ1) is 10.1. The lowest BCUT2D eigenvalue weighted by Crippen LogP contribution is -2.12. The van der Waals surface area contributed by atoms with Gasteiger partial charge in [-0.3, -0.25) is 9.40 Å². The van der Waals surface area contributed by atoms with E-state index in [1.54, 1.807) is 4.68 Å². The fraction of sp³-hybridized carbons (Fsp3) is 0.500. The molecular formula is C12H17N5O2S2. The Labute approximate surface area is 127 Å². The van der Waals surface area contributed by atoms with Crippen LogP contribution in [0.25, 0.3) is 0 Å². The third-order valence-electron chi connectivity index (χ3n) is 3.33. The van der Waals surface area contributed by atoms with E-state index in [1.165, 1.54) is 28.6 Å². The van der Waals surface area contributed by atoms with E-state index in [0.29, 0.717) is 18.2 Å². The summed E-state index contributed by atoms with van der Waals surface area (Å²) < 4.78 is 28.7. The molecule has 0 spiro atoms. The van der Waals surface area contributed by atoms with Gasteiger partial charge in [-0.2, -0.15) is 5.10 Å². The predicted molar refractivity (Wildman–Crippen MR) is 80.8 cm³/mol. The zero-order valence-corrected chi connectivity index (χ0v) is 13.1. The molecule has 0 aliphatic heterocycles. The molecule has 114 valence electrons.